The molecule has 0 aliphatic heterocycles. The molecule has 0 aliphatic carbocycles. The summed E-state index contributed by atoms with van der Waals surface area (Å²) in [5.74, 6) is -1.55. The summed E-state index contributed by atoms with van der Waals surface area (Å²) in [5, 5.41) is 12.2. The van der Waals surface area contributed by atoms with Crippen LogP contribution in [0.3, 0.4) is 0 Å². The van der Waals surface area contributed by atoms with Crippen LogP contribution >= 0.6 is 11.6 Å². The van der Waals surface area contributed by atoms with Crippen molar-refractivity contribution in [3.8, 4) is 0 Å². The zero-order valence-electron chi connectivity index (χ0n) is 12.9. The molecule has 0 aliphatic rings. The lowest BCUT2D eigenvalue weighted by molar-refractivity contribution is -0.142. The van der Waals surface area contributed by atoms with E-state index in [1.54, 1.807) is 12.1 Å². The first kappa shape index (κ1) is 17.5. The zero-order chi connectivity index (χ0) is 16.2. The molecule has 21 heavy (non-hydrogen) atoms. The molecule has 5 heteroatoms. The van der Waals surface area contributed by atoms with E-state index in [0.717, 1.165) is 11.1 Å². The van der Waals surface area contributed by atoms with E-state index in [4.69, 9.17) is 16.7 Å². The number of aliphatic carboxylic acids is 1. The minimum Gasteiger partial charge on any atom is -0.481 e. The standard InChI is InChI=1S/C16H22ClNO3/c1-9(2)5-12(16(20)21)8-18-15(19)13-6-10(3)11(4)7-14(13)17/h6-7,9,12H,5,8H2,1-4H3,(H,18,19)(H,20,21). The van der Waals surface area contributed by atoms with Crippen LogP contribution < -0.4 is 5.32 Å². The second-order valence-corrected chi connectivity index (χ2v) is 6.20. The van der Waals surface area contributed by atoms with Crippen molar-refractivity contribution in [2.24, 2.45) is 11.8 Å². The van der Waals surface area contributed by atoms with Crippen LogP contribution in [0.4, 0.5) is 0 Å². The highest BCUT2D eigenvalue weighted by Gasteiger charge is 2.20. The molecule has 1 unspecified atom stereocenters. The topological polar surface area (TPSA) is 66.4 Å². The minimum absolute atomic E-state index is 0.107. The van der Waals surface area contributed by atoms with E-state index in [0.29, 0.717) is 17.0 Å². The first-order valence-corrected chi connectivity index (χ1v) is 7.38. The number of hydrogen-bond acceptors (Lipinski definition) is 2. The highest BCUT2D eigenvalue weighted by Crippen LogP contribution is 2.21. The van der Waals surface area contributed by atoms with Crippen LogP contribution in [0.2, 0.25) is 5.02 Å². The molecule has 0 bridgehead atoms. The first-order valence-electron chi connectivity index (χ1n) is 7.00. The lowest BCUT2D eigenvalue weighted by Crippen LogP contribution is -2.33. The third-order valence-corrected chi connectivity index (χ3v) is 3.75. The molecule has 1 aromatic carbocycles. The van der Waals surface area contributed by atoms with Crippen LogP contribution in [0.1, 0.15) is 41.8 Å². The van der Waals surface area contributed by atoms with Crippen molar-refractivity contribution >= 4 is 23.5 Å². The number of nitrogens with one attached hydrogen (secondary N) is 1. The van der Waals surface area contributed by atoms with Gasteiger partial charge in [-0.2, -0.15) is 0 Å². The van der Waals surface area contributed by atoms with E-state index in [1.807, 2.05) is 27.7 Å². The molecule has 1 aromatic rings. The van der Waals surface area contributed by atoms with Crippen LogP contribution in [0, 0.1) is 25.7 Å². The number of carbonyl (C=O) groups is 2. The predicted molar refractivity (Wildman–Crippen MR) is 83.8 cm³/mol. The van der Waals surface area contributed by atoms with Crippen molar-refractivity contribution in [2.45, 2.75) is 34.1 Å². The van der Waals surface area contributed by atoms with Gasteiger partial charge in [0, 0.05) is 6.54 Å². The Kier molecular flexibility index (Phi) is 6.21. The Morgan fingerprint density at radius 1 is 1.24 bits per heavy atom. The van der Waals surface area contributed by atoms with Gasteiger partial charge in [0.2, 0.25) is 0 Å². The van der Waals surface area contributed by atoms with Crippen molar-refractivity contribution in [3.05, 3.63) is 33.8 Å². The van der Waals surface area contributed by atoms with Crippen LogP contribution in [0.25, 0.3) is 0 Å². The number of carbonyl (C=O) groups excluding carboxylic acids is 1. The highest BCUT2D eigenvalue weighted by atomic mass is 35.5. The number of halogens is 1. The van der Waals surface area contributed by atoms with Gasteiger partial charge in [0.25, 0.3) is 5.91 Å². The summed E-state index contributed by atoms with van der Waals surface area (Å²) >= 11 is 6.08. The number of aryl methyl sites for hydroxylation is 2. The van der Waals surface area contributed by atoms with Gasteiger partial charge < -0.3 is 10.4 Å². The molecule has 0 fully saturated rings. The van der Waals surface area contributed by atoms with Crippen molar-refractivity contribution < 1.29 is 14.7 Å². The van der Waals surface area contributed by atoms with E-state index in [-0.39, 0.29) is 18.4 Å². The molecule has 0 spiro atoms. The summed E-state index contributed by atoms with van der Waals surface area (Å²) < 4.78 is 0. The molecule has 116 valence electrons. The molecule has 0 saturated carbocycles. The van der Waals surface area contributed by atoms with Crippen molar-refractivity contribution in [1.82, 2.24) is 5.32 Å². The van der Waals surface area contributed by atoms with E-state index in [1.165, 1.54) is 0 Å². The first-order chi connectivity index (χ1) is 9.72. The molecule has 1 atom stereocenters. The van der Waals surface area contributed by atoms with Crippen LogP contribution in [-0.2, 0) is 4.79 Å². The van der Waals surface area contributed by atoms with Crippen LogP contribution in [-0.4, -0.2) is 23.5 Å². The van der Waals surface area contributed by atoms with Gasteiger partial charge in [0.15, 0.2) is 0 Å². The van der Waals surface area contributed by atoms with E-state index >= 15 is 0 Å². The summed E-state index contributed by atoms with van der Waals surface area (Å²) in [6.45, 7) is 7.85. The average Bonchev–Trinajstić information content (AvgIpc) is 2.37. The Morgan fingerprint density at radius 2 is 1.81 bits per heavy atom. The molecule has 4 nitrogen and oxygen atoms in total. The van der Waals surface area contributed by atoms with Gasteiger partial charge >= 0.3 is 5.97 Å². The molecule has 0 aromatic heterocycles. The maximum absolute atomic E-state index is 12.2. The third kappa shape index (κ3) is 5.05. The number of hydrogen-bond donors (Lipinski definition) is 2. The maximum Gasteiger partial charge on any atom is 0.308 e. The monoisotopic (exact) mass is 311 g/mol. The predicted octanol–water partition coefficient (Wildman–Crippen LogP) is 3.43. The fraction of sp³-hybridized carbons (Fsp3) is 0.500. The zero-order valence-corrected chi connectivity index (χ0v) is 13.6. The molecule has 1 amide bonds. The van der Waals surface area contributed by atoms with Gasteiger partial charge in [-0.05, 0) is 49.4 Å². The van der Waals surface area contributed by atoms with E-state index in [9.17, 15) is 9.59 Å². The Morgan fingerprint density at radius 3 is 2.33 bits per heavy atom. The largest absolute Gasteiger partial charge is 0.481 e. The van der Waals surface area contributed by atoms with Crippen molar-refractivity contribution in [1.29, 1.82) is 0 Å². The SMILES string of the molecule is Cc1cc(Cl)c(C(=O)NCC(CC(C)C)C(=O)O)cc1C. The summed E-state index contributed by atoms with van der Waals surface area (Å²) in [5.41, 5.74) is 2.37. The van der Waals surface area contributed by atoms with Crippen LogP contribution in [0.15, 0.2) is 12.1 Å². The minimum atomic E-state index is -0.893. The quantitative estimate of drug-likeness (QED) is 0.845. The van der Waals surface area contributed by atoms with Gasteiger partial charge in [-0.15, -0.1) is 0 Å². The van der Waals surface area contributed by atoms with Crippen molar-refractivity contribution in [2.75, 3.05) is 6.54 Å². The smallest absolute Gasteiger partial charge is 0.308 e. The fourth-order valence-electron chi connectivity index (χ4n) is 2.11. The summed E-state index contributed by atoms with van der Waals surface area (Å²) in [7, 11) is 0. The third-order valence-electron chi connectivity index (χ3n) is 3.44. The van der Waals surface area contributed by atoms with Gasteiger partial charge in [-0.1, -0.05) is 25.4 Å². The number of carboxylic acid groups (broad SMARTS) is 1. The van der Waals surface area contributed by atoms with Gasteiger partial charge in [0.05, 0.1) is 16.5 Å². The Balaban J connectivity index is 2.77. The molecular weight excluding hydrogens is 290 g/mol. The second-order valence-electron chi connectivity index (χ2n) is 5.79. The Bertz CT molecular complexity index is 541. The second kappa shape index (κ2) is 7.46. The van der Waals surface area contributed by atoms with Gasteiger partial charge in [-0.3, -0.25) is 9.59 Å². The molecule has 1 rings (SSSR count). The van der Waals surface area contributed by atoms with Gasteiger partial charge in [-0.25, -0.2) is 0 Å². The van der Waals surface area contributed by atoms with Crippen molar-refractivity contribution in [3.63, 3.8) is 0 Å². The Labute approximate surface area is 130 Å². The maximum atomic E-state index is 12.2. The normalized spacial score (nSPS) is 12.3. The molecule has 0 heterocycles. The fourth-order valence-corrected chi connectivity index (χ4v) is 2.41. The number of benzene rings is 1. The molecule has 0 saturated heterocycles. The lowest BCUT2D eigenvalue weighted by atomic mass is 9.97. The summed E-state index contributed by atoms with van der Waals surface area (Å²) in [6.07, 6.45) is 0.524. The Hall–Kier alpha value is -1.55. The van der Waals surface area contributed by atoms with E-state index in [2.05, 4.69) is 5.32 Å². The number of amides is 1. The average molecular weight is 312 g/mol. The number of carboxylic acids is 1. The summed E-state index contributed by atoms with van der Waals surface area (Å²) in [4.78, 5) is 23.3. The molecular formula is C16H22ClNO3. The number of rotatable bonds is 6. The van der Waals surface area contributed by atoms with Gasteiger partial charge in [0.1, 0.15) is 0 Å². The van der Waals surface area contributed by atoms with Crippen LogP contribution in [0.5, 0.6) is 0 Å². The molecule has 2 N–H and O–H groups in total. The highest BCUT2D eigenvalue weighted by molar-refractivity contribution is 6.34. The molecule has 0 radical (unpaired) electrons. The summed E-state index contributed by atoms with van der Waals surface area (Å²) in [6, 6.07) is 3.47. The lowest BCUT2D eigenvalue weighted by Gasteiger charge is -2.16. The van der Waals surface area contributed by atoms with E-state index < -0.39 is 11.9 Å².